The highest BCUT2D eigenvalue weighted by Crippen LogP contribution is 2.54. The lowest BCUT2D eigenvalue weighted by molar-refractivity contribution is -0.0885. The number of pyridine rings is 1. The van der Waals surface area contributed by atoms with Gasteiger partial charge in [0.1, 0.15) is 34.9 Å². The number of benzene rings is 1. The van der Waals surface area contributed by atoms with Crippen LogP contribution in [0.3, 0.4) is 0 Å². The summed E-state index contributed by atoms with van der Waals surface area (Å²) in [6.45, 7) is 1.92. The van der Waals surface area contributed by atoms with Gasteiger partial charge in [0, 0.05) is 28.0 Å². The third-order valence-corrected chi connectivity index (χ3v) is 9.29. The molecule has 2 N–H and O–H groups in total. The highest BCUT2D eigenvalue weighted by Gasteiger charge is 2.58. The maximum atomic E-state index is 11.1. The van der Waals surface area contributed by atoms with E-state index in [-0.39, 0.29) is 5.25 Å². The SMILES string of the molecule is Cc1ncnc2c1ccn2C1OC2(CSC(c3ccc4cc(Br)c(Cl)nc4c3)C2)C(O)C1O. The highest BCUT2D eigenvalue weighted by molar-refractivity contribution is 9.10. The van der Waals surface area contributed by atoms with Crippen molar-refractivity contribution in [2.75, 3.05) is 5.75 Å². The predicted octanol–water partition coefficient (Wildman–Crippen LogP) is 4.57. The average Bonchev–Trinajstić information content (AvgIpc) is 3.48. The molecule has 2 aliphatic heterocycles. The molecule has 2 aliphatic rings. The maximum absolute atomic E-state index is 11.1. The molecule has 2 saturated heterocycles. The lowest BCUT2D eigenvalue weighted by Gasteiger charge is -2.26. The van der Waals surface area contributed by atoms with E-state index in [0.717, 1.165) is 32.0 Å². The lowest BCUT2D eigenvalue weighted by Crippen LogP contribution is -2.43. The van der Waals surface area contributed by atoms with Gasteiger partial charge >= 0.3 is 0 Å². The van der Waals surface area contributed by atoms with Gasteiger partial charge in [-0.1, -0.05) is 23.7 Å². The van der Waals surface area contributed by atoms with Crippen molar-refractivity contribution < 1.29 is 14.9 Å². The van der Waals surface area contributed by atoms with Crippen molar-refractivity contribution in [1.29, 1.82) is 0 Å². The molecule has 0 radical (unpaired) electrons. The number of rotatable bonds is 2. The number of nitrogens with zero attached hydrogens (tertiary/aromatic N) is 4. The lowest BCUT2D eigenvalue weighted by atomic mass is 9.90. The third-order valence-electron chi connectivity index (χ3n) is 6.68. The number of fused-ring (bicyclic) bond motifs is 2. The molecule has 0 bridgehead atoms. The number of aliphatic hydroxyl groups is 2. The van der Waals surface area contributed by atoms with Gasteiger partial charge < -0.3 is 19.5 Å². The van der Waals surface area contributed by atoms with Crippen LogP contribution in [0.1, 0.15) is 29.2 Å². The first-order chi connectivity index (χ1) is 15.9. The largest absolute Gasteiger partial charge is 0.387 e. The van der Waals surface area contributed by atoms with E-state index in [1.54, 1.807) is 16.3 Å². The van der Waals surface area contributed by atoms with Crippen LogP contribution in [-0.4, -0.2) is 53.3 Å². The molecule has 4 aromatic rings. The summed E-state index contributed by atoms with van der Waals surface area (Å²) in [4.78, 5) is 13.1. The predicted molar refractivity (Wildman–Crippen MR) is 131 cm³/mol. The summed E-state index contributed by atoms with van der Waals surface area (Å²) < 4.78 is 9.00. The zero-order valence-electron chi connectivity index (χ0n) is 17.5. The van der Waals surface area contributed by atoms with Crippen LogP contribution in [0.15, 0.2) is 47.3 Å². The number of aryl methyl sites for hydroxylation is 1. The van der Waals surface area contributed by atoms with Gasteiger partial charge in [-0.25, -0.2) is 15.0 Å². The number of aromatic nitrogens is 4. The molecule has 10 heteroatoms. The summed E-state index contributed by atoms with van der Waals surface area (Å²) in [5.41, 5.74) is 2.61. The first-order valence-electron chi connectivity index (χ1n) is 10.6. The first kappa shape index (κ1) is 21.8. The van der Waals surface area contributed by atoms with Crippen molar-refractivity contribution >= 4 is 61.2 Å². The van der Waals surface area contributed by atoms with Gasteiger partial charge in [-0.2, -0.15) is 11.8 Å². The van der Waals surface area contributed by atoms with Crippen molar-refractivity contribution in [3.63, 3.8) is 0 Å². The molecule has 7 nitrogen and oxygen atoms in total. The quantitative estimate of drug-likeness (QED) is 0.355. The molecule has 2 fully saturated rings. The molecule has 1 aromatic carbocycles. The smallest absolute Gasteiger partial charge is 0.164 e. The summed E-state index contributed by atoms with van der Waals surface area (Å²) in [7, 11) is 0. The van der Waals surface area contributed by atoms with Gasteiger partial charge in [0.2, 0.25) is 0 Å². The molecule has 33 heavy (non-hydrogen) atoms. The van der Waals surface area contributed by atoms with Crippen LogP contribution in [0.5, 0.6) is 0 Å². The van der Waals surface area contributed by atoms with Gasteiger partial charge in [-0.15, -0.1) is 0 Å². The molecule has 1 spiro atoms. The zero-order chi connectivity index (χ0) is 22.9. The molecular weight excluding hydrogens is 528 g/mol. The average molecular weight is 548 g/mol. The second-order valence-electron chi connectivity index (χ2n) is 8.64. The Morgan fingerprint density at radius 2 is 2.09 bits per heavy atom. The van der Waals surface area contributed by atoms with Crippen LogP contribution < -0.4 is 0 Å². The molecule has 0 aliphatic carbocycles. The molecule has 5 unspecified atom stereocenters. The standard InChI is InChI=1S/C23H20BrClN4O3S/c1-11-14-4-5-29(21(14)27-10-26-11)22-18(30)19(31)23(32-22)8-17(33-9-23)13-3-2-12-6-15(24)20(25)28-16(12)7-13/h2-7,10,17-19,22,30-31H,8-9H2,1H3. The van der Waals surface area contributed by atoms with Crippen LogP contribution in [0.4, 0.5) is 0 Å². The van der Waals surface area contributed by atoms with E-state index in [1.807, 2.05) is 37.4 Å². The van der Waals surface area contributed by atoms with Gasteiger partial charge in [-0.3, -0.25) is 0 Å². The second-order valence-corrected chi connectivity index (χ2v) is 11.0. The van der Waals surface area contributed by atoms with Crippen LogP contribution in [0.25, 0.3) is 21.9 Å². The molecule has 5 heterocycles. The minimum Gasteiger partial charge on any atom is -0.387 e. The fourth-order valence-electron chi connectivity index (χ4n) is 4.88. The number of ether oxygens (including phenoxy) is 1. The summed E-state index contributed by atoms with van der Waals surface area (Å²) in [6.07, 6.45) is 1.12. The number of halogens is 2. The summed E-state index contributed by atoms with van der Waals surface area (Å²) in [5, 5.41) is 24.5. The Morgan fingerprint density at radius 3 is 2.94 bits per heavy atom. The van der Waals surface area contributed by atoms with E-state index in [9.17, 15) is 10.2 Å². The molecule has 3 aromatic heterocycles. The van der Waals surface area contributed by atoms with E-state index in [0.29, 0.717) is 23.0 Å². The van der Waals surface area contributed by atoms with Gasteiger partial charge in [-0.05, 0) is 53.0 Å². The van der Waals surface area contributed by atoms with Crippen molar-refractivity contribution in [1.82, 2.24) is 19.5 Å². The Bertz CT molecular complexity index is 1400. The van der Waals surface area contributed by atoms with E-state index >= 15 is 0 Å². The highest BCUT2D eigenvalue weighted by atomic mass is 79.9. The van der Waals surface area contributed by atoms with Crippen LogP contribution >= 0.6 is 39.3 Å². The monoisotopic (exact) mass is 546 g/mol. The van der Waals surface area contributed by atoms with Crippen LogP contribution in [-0.2, 0) is 4.74 Å². The van der Waals surface area contributed by atoms with Gasteiger partial charge in [0.15, 0.2) is 6.23 Å². The van der Waals surface area contributed by atoms with Crippen LogP contribution in [0.2, 0.25) is 5.15 Å². The van der Waals surface area contributed by atoms with Crippen molar-refractivity contribution in [2.45, 2.75) is 42.6 Å². The normalized spacial score (nSPS) is 29.6. The maximum Gasteiger partial charge on any atom is 0.164 e. The van der Waals surface area contributed by atoms with Crippen LogP contribution in [0, 0.1) is 6.92 Å². The van der Waals surface area contributed by atoms with Crippen molar-refractivity contribution in [2.24, 2.45) is 0 Å². The first-order valence-corrected chi connectivity index (χ1v) is 12.8. The number of thioether (sulfide) groups is 1. The topological polar surface area (TPSA) is 93.3 Å². The number of hydrogen-bond acceptors (Lipinski definition) is 7. The van der Waals surface area contributed by atoms with E-state index in [4.69, 9.17) is 16.3 Å². The van der Waals surface area contributed by atoms with E-state index in [1.165, 1.54) is 6.33 Å². The molecule has 5 atom stereocenters. The zero-order valence-corrected chi connectivity index (χ0v) is 20.7. The molecule has 0 amide bonds. The number of aliphatic hydroxyl groups excluding tert-OH is 2. The third kappa shape index (κ3) is 3.40. The summed E-state index contributed by atoms with van der Waals surface area (Å²) >= 11 is 11.3. The molecule has 170 valence electrons. The number of hydrogen-bond donors (Lipinski definition) is 2. The molecular formula is C23H20BrClN4O3S. The summed E-state index contributed by atoms with van der Waals surface area (Å²) in [5.74, 6) is 0.576. The Kier molecular flexibility index (Phi) is 5.21. The van der Waals surface area contributed by atoms with E-state index in [2.05, 4.69) is 36.9 Å². The van der Waals surface area contributed by atoms with Crippen molar-refractivity contribution in [3.05, 3.63) is 63.7 Å². The minimum absolute atomic E-state index is 0.102. The Labute approximate surface area is 207 Å². The van der Waals surface area contributed by atoms with E-state index < -0.39 is 24.0 Å². The molecule has 0 saturated carbocycles. The fraction of sp³-hybridized carbons (Fsp3) is 0.348. The minimum atomic E-state index is -1.07. The van der Waals surface area contributed by atoms with Crippen molar-refractivity contribution in [3.8, 4) is 0 Å². The Hall–Kier alpha value is -1.75. The second kappa shape index (κ2) is 7.90. The molecule has 6 rings (SSSR count). The van der Waals surface area contributed by atoms with Gasteiger partial charge in [0.05, 0.1) is 15.7 Å². The van der Waals surface area contributed by atoms with Gasteiger partial charge in [0.25, 0.3) is 0 Å². The summed E-state index contributed by atoms with van der Waals surface area (Å²) in [6, 6.07) is 10.0. The fourth-order valence-corrected chi connectivity index (χ4v) is 6.94. The Balaban J connectivity index is 1.30. The Morgan fingerprint density at radius 1 is 1.24 bits per heavy atom.